The van der Waals surface area contributed by atoms with Crippen molar-refractivity contribution < 1.29 is 13.5 Å². The molecule has 3 N–H and O–H groups in total. The Morgan fingerprint density at radius 1 is 1.47 bits per heavy atom. The largest absolute Gasteiger partial charge is 0.373 e. The zero-order valence-corrected chi connectivity index (χ0v) is 9.67. The molecule has 1 heterocycles. The summed E-state index contributed by atoms with van der Waals surface area (Å²) in [6.45, 7) is 2.47. The number of halogens is 2. The first-order chi connectivity index (χ1) is 8.07. The number of hydrazine groups is 1. The van der Waals surface area contributed by atoms with Crippen LogP contribution in [0.3, 0.4) is 0 Å². The summed E-state index contributed by atoms with van der Waals surface area (Å²) in [5.74, 6) is 4.51. The van der Waals surface area contributed by atoms with E-state index in [2.05, 4.69) is 5.43 Å². The van der Waals surface area contributed by atoms with Crippen LogP contribution in [-0.4, -0.2) is 12.2 Å². The second-order valence-corrected chi connectivity index (χ2v) is 4.53. The van der Waals surface area contributed by atoms with Gasteiger partial charge in [0, 0.05) is 12.2 Å². The number of benzene rings is 1. The second kappa shape index (κ2) is 4.68. The summed E-state index contributed by atoms with van der Waals surface area (Å²) in [7, 11) is 0. The molecule has 0 saturated carbocycles. The van der Waals surface area contributed by atoms with Crippen molar-refractivity contribution in [1.29, 1.82) is 0 Å². The predicted octanol–water partition coefficient (Wildman–Crippen LogP) is 2.04. The van der Waals surface area contributed by atoms with Crippen LogP contribution in [0.5, 0.6) is 0 Å². The van der Waals surface area contributed by atoms with Gasteiger partial charge in [0.2, 0.25) is 0 Å². The molecular weight excluding hydrogens is 226 g/mol. The molecule has 17 heavy (non-hydrogen) atoms. The predicted molar refractivity (Wildman–Crippen MR) is 60.0 cm³/mol. The Labute approximate surface area is 98.9 Å². The molecule has 1 fully saturated rings. The normalized spacial score (nSPS) is 26.1. The lowest BCUT2D eigenvalue weighted by atomic mass is 9.88. The van der Waals surface area contributed by atoms with E-state index < -0.39 is 23.3 Å². The first-order valence-electron chi connectivity index (χ1n) is 5.62. The van der Waals surface area contributed by atoms with Crippen molar-refractivity contribution in [3.63, 3.8) is 0 Å². The third-order valence-electron chi connectivity index (χ3n) is 3.30. The molecule has 94 valence electrons. The van der Waals surface area contributed by atoms with Crippen molar-refractivity contribution in [2.24, 2.45) is 5.84 Å². The summed E-state index contributed by atoms with van der Waals surface area (Å²) in [5, 5.41) is 0. The van der Waals surface area contributed by atoms with Gasteiger partial charge in [0.25, 0.3) is 0 Å². The van der Waals surface area contributed by atoms with Crippen molar-refractivity contribution in [3.8, 4) is 0 Å². The van der Waals surface area contributed by atoms with Gasteiger partial charge in [-0.25, -0.2) is 14.2 Å². The van der Waals surface area contributed by atoms with Crippen LogP contribution >= 0.6 is 0 Å². The molecule has 1 aliphatic rings. The molecule has 3 nitrogen and oxygen atoms in total. The Bertz CT molecular complexity index is 405. The first kappa shape index (κ1) is 12.4. The molecule has 2 rings (SSSR count). The minimum atomic E-state index is -0.594. The number of ether oxygens (including phenoxy) is 1. The fraction of sp³-hybridized carbons (Fsp3) is 0.500. The first-order valence-corrected chi connectivity index (χ1v) is 5.62. The molecule has 1 aromatic carbocycles. The molecule has 5 heteroatoms. The minimum absolute atomic E-state index is 0.205. The number of hydrogen-bond acceptors (Lipinski definition) is 3. The Hall–Kier alpha value is -1.04. The fourth-order valence-electron chi connectivity index (χ4n) is 2.36. The van der Waals surface area contributed by atoms with Crippen molar-refractivity contribution in [2.75, 3.05) is 6.61 Å². The van der Waals surface area contributed by atoms with Gasteiger partial charge in [0.05, 0.1) is 11.6 Å². The zero-order valence-electron chi connectivity index (χ0n) is 9.67. The number of nitrogens with one attached hydrogen (secondary N) is 1. The lowest BCUT2D eigenvalue weighted by Gasteiger charge is -2.33. The topological polar surface area (TPSA) is 47.3 Å². The van der Waals surface area contributed by atoms with Crippen LogP contribution in [0, 0.1) is 11.6 Å². The van der Waals surface area contributed by atoms with E-state index in [0.29, 0.717) is 6.61 Å². The van der Waals surface area contributed by atoms with E-state index in [0.717, 1.165) is 31.0 Å². The highest BCUT2D eigenvalue weighted by molar-refractivity contribution is 5.25. The third kappa shape index (κ3) is 2.31. The van der Waals surface area contributed by atoms with Gasteiger partial charge in [-0.1, -0.05) is 0 Å². The Morgan fingerprint density at radius 3 is 2.82 bits per heavy atom. The van der Waals surface area contributed by atoms with E-state index in [1.54, 1.807) is 0 Å². The molecule has 0 radical (unpaired) electrons. The highest BCUT2D eigenvalue weighted by atomic mass is 19.1. The molecule has 1 aromatic rings. The van der Waals surface area contributed by atoms with Crippen LogP contribution < -0.4 is 11.3 Å². The van der Waals surface area contributed by atoms with Crippen molar-refractivity contribution in [2.45, 2.75) is 31.4 Å². The summed E-state index contributed by atoms with van der Waals surface area (Å²) < 4.78 is 32.5. The molecule has 1 saturated heterocycles. The molecule has 0 bridgehead atoms. The highest BCUT2D eigenvalue weighted by Gasteiger charge is 2.40. The summed E-state index contributed by atoms with van der Waals surface area (Å²) in [6.07, 6.45) is 1.66. The molecule has 1 aliphatic heterocycles. The maximum atomic E-state index is 13.7. The quantitative estimate of drug-likeness (QED) is 0.630. The Morgan fingerprint density at radius 2 is 2.24 bits per heavy atom. The number of hydrogen-bond donors (Lipinski definition) is 2. The van der Waals surface area contributed by atoms with Crippen LogP contribution in [0.2, 0.25) is 0 Å². The van der Waals surface area contributed by atoms with Gasteiger partial charge < -0.3 is 4.74 Å². The van der Waals surface area contributed by atoms with Crippen molar-refractivity contribution in [1.82, 2.24) is 5.43 Å². The Kier molecular flexibility index (Phi) is 3.42. The lowest BCUT2D eigenvalue weighted by Crippen LogP contribution is -2.44. The number of nitrogens with two attached hydrogens (primary N) is 1. The van der Waals surface area contributed by atoms with E-state index in [1.165, 1.54) is 0 Å². The van der Waals surface area contributed by atoms with Gasteiger partial charge in [0.1, 0.15) is 11.6 Å². The summed E-state index contributed by atoms with van der Waals surface area (Å²) in [6, 6.07) is 2.80. The van der Waals surface area contributed by atoms with Crippen LogP contribution in [-0.2, 0) is 4.74 Å². The summed E-state index contributed by atoms with van der Waals surface area (Å²) in [5.41, 5.74) is 2.15. The van der Waals surface area contributed by atoms with Crippen LogP contribution in [0.25, 0.3) is 0 Å². The lowest BCUT2D eigenvalue weighted by molar-refractivity contribution is -0.0135. The second-order valence-electron chi connectivity index (χ2n) is 4.53. The van der Waals surface area contributed by atoms with Crippen LogP contribution in [0.4, 0.5) is 8.78 Å². The number of rotatable bonds is 3. The maximum absolute atomic E-state index is 13.7. The highest BCUT2D eigenvalue weighted by Crippen LogP contribution is 2.37. The fourth-order valence-corrected chi connectivity index (χ4v) is 2.36. The Balaban J connectivity index is 2.37. The van der Waals surface area contributed by atoms with Crippen LogP contribution in [0.1, 0.15) is 31.4 Å². The average molecular weight is 242 g/mol. The SMILES string of the molecule is CC1(C(NN)c2cc(F)ccc2F)CCCO1. The molecule has 2 atom stereocenters. The third-order valence-corrected chi connectivity index (χ3v) is 3.30. The molecule has 0 amide bonds. The van der Waals surface area contributed by atoms with E-state index in [-0.39, 0.29) is 5.56 Å². The van der Waals surface area contributed by atoms with E-state index >= 15 is 0 Å². The minimum Gasteiger partial charge on any atom is -0.373 e. The monoisotopic (exact) mass is 242 g/mol. The van der Waals surface area contributed by atoms with Gasteiger partial charge in [-0.3, -0.25) is 5.84 Å². The van der Waals surface area contributed by atoms with E-state index in [4.69, 9.17) is 10.6 Å². The zero-order chi connectivity index (χ0) is 12.5. The van der Waals surface area contributed by atoms with Gasteiger partial charge in [-0.15, -0.1) is 0 Å². The molecule has 2 unspecified atom stereocenters. The molecule has 0 aliphatic carbocycles. The van der Waals surface area contributed by atoms with E-state index in [9.17, 15) is 8.78 Å². The smallest absolute Gasteiger partial charge is 0.128 e. The van der Waals surface area contributed by atoms with Crippen molar-refractivity contribution >= 4 is 0 Å². The van der Waals surface area contributed by atoms with Crippen molar-refractivity contribution in [3.05, 3.63) is 35.4 Å². The van der Waals surface area contributed by atoms with Gasteiger partial charge in [0.15, 0.2) is 0 Å². The van der Waals surface area contributed by atoms with Gasteiger partial charge in [-0.2, -0.15) is 0 Å². The van der Waals surface area contributed by atoms with E-state index in [1.807, 2.05) is 6.92 Å². The molecular formula is C12H16F2N2O. The summed E-state index contributed by atoms with van der Waals surface area (Å²) in [4.78, 5) is 0. The standard InChI is InChI=1S/C12H16F2N2O/c1-12(5-2-6-17-12)11(16-15)9-7-8(13)3-4-10(9)14/h3-4,7,11,16H,2,5-6,15H2,1H3. The molecule has 0 aromatic heterocycles. The van der Waals surface area contributed by atoms with Crippen LogP contribution in [0.15, 0.2) is 18.2 Å². The van der Waals surface area contributed by atoms with Gasteiger partial charge in [-0.05, 0) is 38.0 Å². The maximum Gasteiger partial charge on any atom is 0.128 e. The summed E-state index contributed by atoms with van der Waals surface area (Å²) >= 11 is 0. The molecule has 0 spiro atoms. The average Bonchev–Trinajstić information content (AvgIpc) is 2.72. The van der Waals surface area contributed by atoms with Gasteiger partial charge >= 0.3 is 0 Å².